The molecule has 1 aromatic carbocycles. The molecule has 1 aromatic heterocycles. The number of benzene rings is 1. The number of rotatable bonds is 3. The molecule has 0 bridgehead atoms. The van der Waals surface area contributed by atoms with Crippen LogP contribution >= 0.6 is 0 Å². The first kappa shape index (κ1) is 11.4. The molecule has 1 heterocycles. The highest BCUT2D eigenvalue weighted by Gasteiger charge is 2.14. The minimum absolute atomic E-state index is 0.151. The molecule has 0 aliphatic heterocycles. The van der Waals surface area contributed by atoms with E-state index in [9.17, 15) is 4.79 Å². The second-order valence-electron chi connectivity index (χ2n) is 4.00. The molecule has 2 rings (SSSR count). The van der Waals surface area contributed by atoms with Crippen LogP contribution in [-0.4, -0.2) is 27.7 Å². The fourth-order valence-electron chi connectivity index (χ4n) is 1.80. The summed E-state index contributed by atoms with van der Waals surface area (Å²) in [7, 11) is 1.49. The van der Waals surface area contributed by atoms with Gasteiger partial charge in [-0.2, -0.15) is 4.98 Å². The van der Waals surface area contributed by atoms with Crippen LogP contribution in [0.5, 0.6) is 6.01 Å². The van der Waals surface area contributed by atoms with Gasteiger partial charge in [0.2, 0.25) is 0 Å². The van der Waals surface area contributed by atoms with Gasteiger partial charge >= 0.3 is 5.97 Å². The number of ether oxygens (including phenoxy) is 1. The number of carboxylic acids is 1. The minimum atomic E-state index is -0.916. The Hall–Kier alpha value is -2.04. The first-order valence-electron chi connectivity index (χ1n) is 5.26. The quantitative estimate of drug-likeness (QED) is 0.878. The lowest BCUT2D eigenvalue weighted by atomic mass is 10.1. The number of aryl methyl sites for hydroxylation is 2. The number of imidazole rings is 1. The fraction of sp³-hybridized carbons (Fsp3) is 0.333. The van der Waals surface area contributed by atoms with Gasteiger partial charge in [0.15, 0.2) is 0 Å². The fourth-order valence-corrected chi connectivity index (χ4v) is 1.80. The minimum Gasteiger partial charge on any atom is -0.480 e. The van der Waals surface area contributed by atoms with Gasteiger partial charge in [0.1, 0.15) is 6.54 Å². The molecule has 0 aliphatic rings. The van der Waals surface area contributed by atoms with Gasteiger partial charge in [0, 0.05) is 0 Å². The van der Waals surface area contributed by atoms with Crippen molar-refractivity contribution in [2.75, 3.05) is 7.11 Å². The smallest absolute Gasteiger partial charge is 0.323 e. The number of nitrogens with zero attached hydrogens (tertiary/aromatic N) is 2. The average molecular weight is 234 g/mol. The first-order valence-corrected chi connectivity index (χ1v) is 5.26. The summed E-state index contributed by atoms with van der Waals surface area (Å²) in [5.74, 6) is -0.916. The van der Waals surface area contributed by atoms with Crippen LogP contribution in [-0.2, 0) is 11.3 Å². The van der Waals surface area contributed by atoms with E-state index in [0.29, 0.717) is 6.01 Å². The van der Waals surface area contributed by atoms with E-state index in [4.69, 9.17) is 9.84 Å². The molecule has 0 amide bonds. The third-order valence-corrected chi connectivity index (χ3v) is 2.80. The van der Waals surface area contributed by atoms with Crippen molar-refractivity contribution >= 4 is 17.0 Å². The predicted molar refractivity (Wildman–Crippen MR) is 63.4 cm³/mol. The molecule has 2 aromatic rings. The maximum atomic E-state index is 10.8. The molecule has 5 nitrogen and oxygen atoms in total. The average Bonchev–Trinajstić information content (AvgIpc) is 2.57. The van der Waals surface area contributed by atoms with Crippen molar-refractivity contribution in [1.82, 2.24) is 9.55 Å². The lowest BCUT2D eigenvalue weighted by Gasteiger charge is -2.05. The number of hydrogen-bond acceptors (Lipinski definition) is 3. The molecule has 1 N–H and O–H groups in total. The second kappa shape index (κ2) is 4.08. The SMILES string of the molecule is COc1nc2cc(C)c(C)cc2n1CC(=O)O. The van der Waals surface area contributed by atoms with Gasteiger partial charge in [-0.1, -0.05) is 0 Å². The van der Waals surface area contributed by atoms with Gasteiger partial charge in [0.05, 0.1) is 18.1 Å². The van der Waals surface area contributed by atoms with E-state index in [-0.39, 0.29) is 6.54 Å². The summed E-state index contributed by atoms with van der Waals surface area (Å²) in [6.07, 6.45) is 0. The largest absolute Gasteiger partial charge is 0.480 e. The summed E-state index contributed by atoms with van der Waals surface area (Å²) < 4.78 is 6.66. The zero-order valence-electron chi connectivity index (χ0n) is 10.0. The van der Waals surface area contributed by atoms with Crippen LogP contribution in [0.3, 0.4) is 0 Å². The van der Waals surface area contributed by atoms with Crippen LogP contribution in [0.1, 0.15) is 11.1 Å². The van der Waals surface area contributed by atoms with Crippen LogP contribution in [0.15, 0.2) is 12.1 Å². The van der Waals surface area contributed by atoms with Crippen LogP contribution in [0.4, 0.5) is 0 Å². The molecular weight excluding hydrogens is 220 g/mol. The highest BCUT2D eigenvalue weighted by molar-refractivity contribution is 5.80. The van der Waals surface area contributed by atoms with Crippen LogP contribution in [0.25, 0.3) is 11.0 Å². The van der Waals surface area contributed by atoms with E-state index in [0.717, 1.165) is 22.2 Å². The molecule has 0 fully saturated rings. The Morgan fingerprint density at radius 1 is 1.41 bits per heavy atom. The molecule has 0 spiro atoms. The number of carbonyl (C=O) groups is 1. The Morgan fingerprint density at radius 2 is 2.06 bits per heavy atom. The molecule has 0 saturated carbocycles. The number of fused-ring (bicyclic) bond motifs is 1. The van der Waals surface area contributed by atoms with Crippen molar-refractivity contribution in [2.45, 2.75) is 20.4 Å². The summed E-state index contributed by atoms with van der Waals surface area (Å²) in [5, 5.41) is 8.88. The van der Waals surface area contributed by atoms with E-state index >= 15 is 0 Å². The van der Waals surface area contributed by atoms with E-state index in [1.54, 1.807) is 4.57 Å². The van der Waals surface area contributed by atoms with E-state index in [1.807, 2.05) is 26.0 Å². The van der Waals surface area contributed by atoms with Gasteiger partial charge in [-0.15, -0.1) is 0 Å². The van der Waals surface area contributed by atoms with Crippen molar-refractivity contribution in [1.29, 1.82) is 0 Å². The summed E-state index contributed by atoms with van der Waals surface area (Å²) in [4.78, 5) is 15.1. The zero-order chi connectivity index (χ0) is 12.6. The molecule has 0 saturated heterocycles. The molecule has 0 aliphatic carbocycles. The van der Waals surface area contributed by atoms with Gasteiger partial charge in [-0.25, -0.2) is 0 Å². The maximum absolute atomic E-state index is 10.8. The van der Waals surface area contributed by atoms with Crippen molar-refractivity contribution in [3.63, 3.8) is 0 Å². The third-order valence-electron chi connectivity index (χ3n) is 2.80. The molecule has 0 radical (unpaired) electrons. The molecule has 17 heavy (non-hydrogen) atoms. The normalized spacial score (nSPS) is 10.8. The maximum Gasteiger partial charge on any atom is 0.323 e. The number of methoxy groups -OCH3 is 1. The van der Waals surface area contributed by atoms with E-state index < -0.39 is 5.97 Å². The van der Waals surface area contributed by atoms with Crippen molar-refractivity contribution in [3.05, 3.63) is 23.3 Å². The highest BCUT2D eigenvalue weighted by atomic mass is 16.5. The standard InChI is InChI=1S/C12H14N2O3/c1-7-4-9-10(5-8(7)2)14(6-11(15)16)12(13-9)17-3/h4-5H,6H2,1-3H3,(H,15,16). The molecule has 90 valence electrons. The topological polar surface area (TPSA) is 64.4 Å². The number of aromatic nitrogens is 2. The van der Waals surface area contributed by atoms with E-state index in [2.05, 4.69) is 4.98 Å². The molecular formula is C12H14N2O3. The summed E-state index contributed by atoms with van der Waals surface area (Å²) >= 11 is 0. The molecule has 0 atom stereocenters. The summed E-state index contributed by atoms with van der Waals surface area (Å²) in [6, 6.07) is 4.20. The van der Waals surface area contributed by atoms with Crippen molar-refractivity contribution in [3.8, 4) is 6.01 Å². The van der Waals surface area contributed by atoms with Crippen molar-refractivity contribution < 1.29 is 14.6 Å². The second-order valence-corrected chi connectivity index (χ2v) is 4.00. The molecule has 0 unspecified atom stereocenters. The van der Waals surface area contributed by atoms with Crippen LogP contribution in [0.2, 0.25) is 0 Å². The molecule has 5 heteroatoms. The van der Waals surface area contributed by atoms with Gasteiger partial charge in [-0.3, -0.25) is 9.36 Å². The predicted octanol–water partition coefficient (Wildman–Crippen LogP) is 1.75. The summed E-state index contributed by atoms with van der Waals surface area (Å²) in [6.45, 7) is 3.83. The van der Waals surface area contributed by atoms with E-state index in [1.165, 1.54) is 7.11 Å². The number of carboxylic acid groups (broad SMARTS) is 1. The van der Waals surface area contributed by atoms with Gasteiger partial charge < -0.3 is 9.84 Å². The number of aliphatic carboxylic acids is 1. The Labute approximate surface area is 98.6 Å². The Balaban J connectivity index is 2.69. The van der Waals surface area contributed by atoms with Crippen LogP contribution in [0, 0.1) is 13.8 Å². The Morgan fingerprint density at radius 3 is 2.65 bits per heavy atom. The summed E-state index contributed by atoms with van der Waals surface area (Å²) in [5.41, 5.74) is 3.77. The third kappa shape index (κ3) is 1.95. The Kier molecular flexibility index (Phi) is 2.75. The van der Waals surface area contributed by atoms with Gasteiger partial charge in [-0.05, 0) is 37.1 Å². The zero-order valence-corrected chi connectivity index (χ0v) is 10.0. The lowest BCUT2D eigenvalue weighted by Crippen LogP contribution is -2.10. The Bertz CT molecular complexity index is 587. The number of hydrogen-bond donors (Lipinski definition) is 1. The van der Waals surface area contributed by atoms with Crippen molar-refractivity contribution in [2.24, 2.45) is 0 Å². The van der Waals surface area contributed by atoms with Gasteiger partial charge in [0.25, 0.3) is 6.01 Å². The van der Waals surface area contributed by atoms with Crippen LogP contribution < -0.4 is 4.74 Å². The first-order chi connectivity index (χ1) is 8.02. The monoisotopic (exact) mass is 234 g/mol. The lowest BCUT2D eigenvalue weighted by molar-refractivity contribution is -0.137. The highest BCUT2D eigenvalue weighted by Crippen LogP contribution is 2.24.